The quantitative estimate of drug-likeness (QED) is 0.724. The van der Waals surface area contributed by atoms with Gasteiger partial charge in [0.2, 0.25) is 0 Å². The Kier molecular flexibility index (Phi) is 2.57. The Morgan fingerprint density at radius 3 is 2.94 bits per heavy atom. The number of aromatic amines is 1. The minimum absolute atomic E-state index is 0.191. The van der Waals surface area contributed by atoms with E-state index in [0.717, 1.165) is 22.2 Å². The van der Waals surface area contributed by atoms with Crippen molar-refractivity contribution in [3.05, 3.63) is 54.1 Å². The van der Waals surface area contributed by atoms with Gasteiger partial charge in [-0.15, -0.1) is 0 Å². The molecule has 0 unspecified atom stereocenters. The maximum atomic E-state index is 13.4. The summed E-state index contributed by atoms with van der Waals surface area (Å²) in [6.07, 6.45) is 1.65. The molecular weight excluding hydrogens is 229 g/mol. The zero-order valence-corrected chi connectivity index (χ0v) is 9.65. The lowest BCUT2D eigenvalue weighted by atomic mass is 10.0. The van der Waals surface area contributed by atoms with E-state index in [4.69, 9.17) is 5.73 Å². The van der Waals surface area contributed by atoms with Crippen LogP contribution in [0.5, 0.6) is 0 Å². The molecule has 0 saturated carbocycles. The van der Waals surface area contributed by atoms with Crippen molar-refractivity contribution in [2.45, 2.75) is 6.54 Å². The van der Waals surface area contributed by atoms with Crippen LogP contribution in [-0.2, 0) is 6.54 Å². The van der Waals surface area contributed by atoms with Crippen LogP contribution in [0.4, 0.5) is 4.39 Å². The Morgan fingerprint density at radius 2 is 2.11 bits per heavy atom. The number of nitrogens with zero attached hydrogens (tertiary/aromatic N) is 1. The van der Waals surface area contributed by atoms with E-state index in [9.17, 15) is 4.39 Å². The minimum Gasteiger partial charge on any atom is -0.345 e. The Morgan fingerprint density at radius 1 is 1.22 bits per heavy atom. The molecule has 0 aliphatic rings. The lowest BCUT2D eigenvalue weighted by Gasteiger charge is -2.06. The number of hydrogen-bond donors (Lipinski definition) is 2. The fourth-order valence-corrected chi connectivity index (χ4v) is 2.10. The second-order valence-electron chi connectivity index (χ2n) is 4.11. The first-order chi connectivity index (χ1) is 8.79. The molecule has 0 atom stereocenters. The molecule has 0 radical (unpaired) electrons. The first kappa shape index (κ1) is 10.9. The lowest BCUT2D eigenvalue weighted by molar-refractivity contribution is 0.611. The van der Waals surface area contributed by atoms with Crippen molar-refractivity contribution in [2.75, 3.05) is 0 Å². The molecule has 3 aromatic rings. The highest BCUT2D eigenvalue weighted by molar-refractivity contribution is 5.91. The third-order valence-corrected chi connectivity index (χ3v) is 3.03. The number of H-pyrrole nitrogens is 1. The Labute approximate surface area is 103 Å². The first-order valence-electron chi connectivity index (χ1n) is 5.70. The summed E-state index contributed by atoms with van der Waals surface area (Å²) < 4.78 is 13.4. The van der Waals surface area contributed by atoms with Crippen LogP contribution in [0, 0.1) is 5.82 Å². The fourth-order valence-electron chi connectivity index (χ4n) is 2.10. The van der Waals surface area contributed by atoms with Crippen LogP contribution in [0.3, 0.4) is 0 Å². The summed E-state index contributed by atoms with van der Waals surface area (Å²) in [5.74, 6) is -0.268. The number of para-hydroxylation sites is 1. The fraction of sp³-hybridized carbons (Fsp3) is 0.0714. The van der Waals surface area contributed by atoms with E-state index in [2.05, 4.69) is 9.97 Å². The maximum Gasteiger partial charge on any atom is 0.127 e. The zero-order chi connectivity index (χ0) is 12.5. The minimum atomic E-state index is -0.268. The van der Waals surface area contributed by atoms with E-state index < -0.39 is 0 Å². The maximum absolute atomic E-state index is 13.4. The third-order valence-electron chi connectivity index (χ3n) is 3.03. The van der Waals surface area contributed by atoms with Crippen molar-refractivity contribution in [1.82, 2.24) is 9.97 Å². The van der Waals surface area contributed by atoms with Gasteiger partial charge < -0.3 is 10.7 Å². The van der Waals surface area contributed by atoms with E-state index in [1.54, 1.807) is 18.5 Å². The normalized spacial score (nSPS) is 11.0. The van der Waals surface area contributed by atoms with Crippen molar-refractivity contribution in [1.29, 1.82) is 0 Å². The van der Waals surface area contributed by atoms with Gasteiger partial charge in [0.05, 0.1) is 17.4 Å². The van der Waals surface area contributed by atoms with Crippen LogP contribution in [-0.4, -0.2) is 9.97 Å². The van der Waals surface area contributed by atoms with Gasteiger partial charge in [0, 0.05) is 17.7 Å². The monoisotopic (exact) mass is 241 g/mol. The Bertz CT molecular complexity index is 703. The van der Waals surface area contributed by atoms with Crippen molar-refractivity contribution in [3.8, 4) is 11.1 Å². The van der Waals surface area contributed by atoms with Crippen LogP contribution < -0.4 is 5.73 Å². The van der Waals surface area contributed by atoms with Gasteiger partial charge in [-0.3, -0.25) is 0 Å². The molecule has 3 rings (SSSR count). The molecule has 1 heterocycles. The highest BCUT2D eigenvalue weighted by atomic mass is 19.1. The van der Waals surface area contributed by atoms with Crippen molar-refractivity contribution in [3.63, 3.8) is 0 Å². The highest BCUT2D eigenvalue weighted by Crippen LogP contribution is 2.27. The van der Waals surface area contributed by atoms with Gasteiger partial charge in [-0.05, 0) is 23.8 Å². The predicted octanol–water partition coefficient (Wildman–Crippen LogP) is 2.83. The Balaban J connectivity index is 2.23. The summed E-state index contributed by atoms with van der Waals surface area (Å²) in [6, 6.07) is 10.8. The van der Waals surface area contributed by atoms with Crippen molar-refractivity contribution >= 4 is 11.0 Å². The second kappa shape index (κ2) is 4.23. The molecule has 0 amide bonds. The second-order valence-corrected chi connectivity index (χ2v) is 4.11. The van der Waals surface area contributed by atoms with Crippen LogP contribution in [0.2, 0.25) is 0 Å². The number of benzene rings is 2. The number of nitrogens with two attached hydrogens (primary N) is 1. The van der Waals surface area contributed by atoms with Gasteiger partial charge in [0.15, 0.2) is 0 Å². The molecule has 0 aliphatic carbocycles. The number of halogens is 1. The molecule has 18 heavy (non-hydrogen) atoms. The number of nitrogens with one attached hydrogen (secondary N) is 1. The van der Waals surface area contributed by atoms with E-state index in [0.29, 0.717) is 5.56 Å². The summed E-state index contributed by atoms with van der Waals surface area (Å²) in [6.45, 7) is 0.191. The SMILES string of the molecule is NCc1cc(-c2cccc3[nH]cnc23)ccc1F. The van der Waals surface area contributed by atoms with Crippen LogP contribution in [0.25, 0.3) is 22.2 Å². The van der Waals surface area contributed by atoms with Gasteiger partial charge in [-0.25, -0.2) is 9.37 Å². The van der Waals surface area contributed by atoms with Gasteiger partial charge in [-0.2, -0.15) is 0 Å². The van der Waals surface area contributed by atoms with Crippen LogP contribution in [0.15, 0.2) is 42.7 Å². The molecule has 0 spiro atoms. The van der Waals surface area contributed by atoms with Crippen molar-refractivity contribution < 1.29 is 4.39 Å². The molecule has 3 nitrogen and oxygen atoms in total. The van der Waals surface area contributed by atoms with Crippen molar-refractivity contribution in [2.24, 2.45) is 5.73 Å². The number of fused-ring (bicyclic) bond motifs is 1. The van der Waals surface area contributed by atoms with Gasteiger partial charge in [0.1, 0.15) is 5.82 Å². The van der Waals surface area contributed by atoms with E-state index in [1.165, 1.54) is 6.07 Å². The topological polar surface area (TPSA) is 54.7 Å². The summed E-state index contributed by atoms with van der Waals surface area (Å²) in [5, 5.41) is 0. The summed E-state index contributed by atoms with van der Waals surface area (Å²) in [5.41, 5.74) is 9.79. The Hall–Kier alpha value is -2.20. The van der Waals surface area contributed by atoms with Crippen LogP contribution >= 0.6 is 0 Å². The average Bonchev–Trinajstić information content (AvgIpc) is 2.87. The molecular formula is C14H12FN3. The molecule has 0 fully saturated rings. The third kappa shape index (κ3) is 1.67. The molecule has 4 heteroatoms. The largest absolute Gasteiger partial charge is 0.345 e. The van der Waals surface area contributed by atoms with Gasteiger partial charge in [0.25, 0.3) is 0 Å². The van der Waals surface area contributed by atoms with E-state index in [1.807, 2.05) is 18.2 Å². The standard InChI is InChI=1S/C14H12FN3/c15-12-5-4-9(6-10(12)7-16)11-2-1-3-13-14(11)18-8-17-13/h1-6,8H,7,16H2,(H,17,18). The van der Waals surface area contributed by atoms with Gasteiger partial charge >= 0.3 is 0 Å². The zero-order valence-electron chi connectivity index (χ0n) is 9.65. The summed E-state index contributed by atoms with van der Waals surface area (Å²) in [4.78, 5) is 7.35. The van der Waals surface area contributed by atoms with E-state index >= 15 is 0 Å². The number of rotatable bonds is 2. The molecule has 90 valence electrons. The molecule has 1 aromatic heterocycles. The molecule has 3 N–H and O–H groups in total. The van der Waals surface area contributed by atoms with E-state index in [-0.39, 0.29) is 12.4 Å². The number of aromatic nitrogens is 2. The smallest absolute Gasteiger partial charge is 0.127 e. The molecule has 0 bridgehead atoms. The van der Waals surface area contributed by atoms with Gasteiger partial charge in [-0.1, -0.05) is 18.2 Å². The van der Waals surface area contributed by atoms with Crippen LogP contribution in [0.1, 0.15) is 5.56 Å². The molecule has 0 saturated heterocycles. The molecule has 0 aliphatic heterocycles. The number of hydrogen-bond acceptors (Lipinski definition) is 2. The summed E-state index contributed by atoms with van der Waals surface area (Å²) >= 11 is 0. The average molecular weight is 241 g/mol. The highest BCUT2D eigenvalue weighted by Gasteiger charge is 2.08. The number of imidazole rings is 1. The predicted molar refractivity (Wildman–Crippen MR) is 69.4 cm³/mol. The summed E-state index contributed by atoms with van der Waals surface area (Å²) in [7, 11) is 0. The first-order valence-corrected chi connectivity index (χ1v) is 5.70. The lowest BCUT2D eigenvalue weighted by Crippen LogP contribution is -1.99. The molecule has 2 aromatic carbocycles.